The summed E-state index contributed by atoms with van der Waals surface area (Å²) in [5.41, 5.74) is 2.27. The van der Waals surface area contributed by atoms with E-state index in [4.69, 9.17) is 9.47 Å². The molecule has 2 fully saturated rings. The Bertz CT molecular complexity index is 902. The highest BCUT2D eigenvalue weighted by molar-refractivity contribution is 7.09. The molecule has 1 amide bonds. The number of likely N-dealkylation sites (tertiary alicyclic amines) is 1. The van der Waals surface area contributed by atoms with Crippen LogP contribution in [0.3, 0.4) is 0 Å². The van der Waals surface area contributed by atoms with Crippen LogP contribution < -0.4 is 9.47 Å². The molecule has 2 saturated heterocycles. The number of piperidine rings is 1. The number of ether oxygens (including phenoxy) is 2. The van der Waals surface area contributed by atoms with Crippen LogP contribution >= 0.6 is 11.3 Å². The van der Waals surface area contributed by atoms with Gasteiger partial charge in [0.2, 0.25) is 5.91 Å². The topological polar surface area (TPSA) is 58.1 Å². The zero-order chi connectivity index (χ0) is 22.5. The lowest BCUT2D eigenvalue weighted by Crippen LogP contribution is -2.51. The number of benzene rings is 1. The summed E-state index contributed by atoms with van der Waals surface area (Å²) in [6, 6.07) is 5.91. The second-order valence-electron chi connectivity index (χ2n) is 8.69. The number of hydrogen-bond donors (Lipinski definition) is 0. The molecule has 0 unspecified atom stereocenters. The van der Waals surface area contributed by atoms with Crippen molar-refractivity contribution in [3.05, 3.63) is 39.8 Å². The minimum Gasteiger partial charge on any atom is -0.497 e. The number of rotatable bonds is 7. The van der Waals surface area contributed by atoms with Gasteiger partial charge < -0.3 is 14.4 Å². The second kappa shape index (κ2) is 10.6. The summed E-state index contributed by atoms with van der Waals surface area (Å²) < 4.78 is 10.9. The fourth-order valence-electron chi connectivity index (χ4n) is 4.68. The molecule has 1 aromatic carbocycles. The third-order valence-electron chi connectivity index (χ3n) is 6.55. The van der Waals surface area contributed by atoms with E-state index in [0.29, 0.717) is 5.91 Å². The van der Waals surface area contributed by atoms with Crippen molar-refractivity contribution in [2.75, 3.05) is 53.5 Å². The van der Waals surface area contributed by atoms with Crippen LogP contribution in [0.2, 0.25) is 0 Å². The van der Waals surface area contributed by atoms with E-state index >= 15 is 0 Å². The van der Waals surface area contributed by atoms with Crippen molar-refractivity contribution in [1.29, 1.82) is 0 Å². The minimum absolute atomic E-state index is 0.161. The van der Waals surface area contributed by atoms with E-state index < -0.39 is 0 Å². The van der Waals surface area contributed by atoms with Crippen LogP contribution in [0, 0.1) is 12.8 Å². The summed E-state index contributed by atoms with van der Waals surface area (Å²) in [4.78, 5) is 24.6. The molecular weight excluding hydrogens is 424 g/mol. The Hall–Kier alpha value is -2.16. The zero-order valence-electron chi connectivity index (χ0n) is 19.4. The molecule has 0 radical (unpaired) electrons. The number of amides is 1. The first-order valence-corrected chi connectivity index (χ1v) is 12.3. The Balaban J connectivity index is 1.24. The molecule has 2 aliphatic rings. The Morgan fingerprint density at radius 1 is 1.03 bits per heavy atom. The molecular formula is C24H34N4O3S. The molecule has 2 aliphatic heterocycles. The van der Waals surface area contributed by atoms with Crippen molar-refractivity contribution in [3.8, 4) is 11.5 Å². The number of hydrogen-bond acceptors (Lipinski definition) is 7. The van der Waals surface area contributed by atoms with Crippen molar-refractivity contribution in [1.82, 2.24) is 19.7 Å². The van der Waals surface area contributed by atoms with E-state index in [9.17, 15) is 4.79 Å². The molecule has 4 rings (SSSR count). The zero-order valence-corrected chi connectivity index (χ0v) is 20.2. The number of thiazole rings is 1. The van der Waals surface area contributed by atoms with E-state index in [1.165, 1.54) is 0 Å². The maximum Gasteiger partial charge on any atom is 0.225 e. The van der Waals surface area contributed by atoms with Crippen LogP contribution in [0.4, 0.5) is 0 Å². The maximum absolute atomic E-state index is 13.1. The third kappa shape index (κ3) is 5.60. The number of carbonyl (C=O) groups is 1. The average molecular weight is 459 g/mol. The van der Waals surface area contributed by atoms with Gasteiger partial charge in [-0.3, -0.25) is 14.6 Å². The minimum atomic E-state index is 0.161. The molecule has 0 N–H and O–H groups in total. The predicted molar refractivity (Wildman–Crippen MR) is 126 cm³/mol. The number of nitrogens with zero attached hydrogens (tertiary/aromatic N) is 4. The van der Waals surface area contributed by atoms with Gasteiger partial charge in [0.1, 0.15) is 11.5 Å². The predicted octanol–water partition coefficient (Wildman–Crippen LogP) is 3.03. The lowest BCUT2D eigenvalue weighted by molar-refractivity contribution is -0.139. The first-order chi connectivity index (χ1) is 15.6. The Morgan fingerprint density at radius 2 is 1.75 bits per heavy atom. The van der Waals surface area contributed by atoms with E-state index in [1.807, 2.05) is 25.1 Å². The van der Waals surface area contributed by atoms with E-state index in [-0.39, 0.29) is 5.92 Å². The summed E-state index contributed by atoms with van der Waals surface area (Å²) in [5, 5.41) is 3.27. The Kier molecular flexibility index (Phi) is 7.65. The van der Waals surface area contributed by atoms with Crippen molar-refractivity contribution < 1.29 is 14.3 Å². The van der Waals surface area contributed by atoms with Crippen molar-refractivity contribution in [2.45, 2.75) is 32.9 Å². The summed E-state index contributed by atoms with van der Waals surface area (Å²) in [6.45, 7) is 9.06. The highest BCUT2D eigenvalue weighted by atomic mass is 32.1. The smallest absolute Gasteiger partial charge is 0.225 e. The van der Waals surface area contributed by atoms with Crippen LogP contribution in [0.15, 0.2) is 23.6 Å². The Morgan fingerprint density at radius 3 is 2.38 bits per heavy atom. The summed E-state index contributed by atoms with van der Waals surface area (Å²) >= 11 is 1.71. The number of methoxy groups -OCH3 is 2. The van der Waals surface area contributed by atoms with Crippen molar-refractivity contribution >= 4 is 17.2 Å². The molecule has 174 valence electrons. The van der Waals surface area contributed by atoms with Crippen LogP contribution in [0.5, 0.6) is 11.5 Å². The lowest BCUT2D eigenvalue weighted by Gasteiger charge is -2.38. The van der Waals surface area contributed by atoms with Gasteiger partial charge in [-0.2, -0.15) is 0 Å². The van der Waals surface area contributed by atoms with Gasteiger partial charge in [-0.25, -0.2) is 4.98 Å². The SMILES string of the molecule is COc1ccc(OC)c(CN2CCN(C(=O)C3CCN(Cc4csc(C)n4)CC3)CC2)c1. The molecule has 0 spiro atoms. The quantitative estimate of drug-likeness (QED) is 0.636. The second-order valence-corrected chi connectivity index (χ2v) is 9.75. The fourth-order valence-corrected chi connectivity index (χ4v) is 5.28. The number of aromatic nitrogens is 1. The van der Waals surface area contributed by atoms with E-state index in [0.717, 1.165) is 93.0 Å². The van der Waals surface area contributed by atoms with Crippen LogP contribution in [-0.2, 0) is 17.9 Å². The van der Waals surface area contributed by atoms with Crippen LogP contribution in [0.25, 0.3) is 0 Å². The summed E-state index contributed by atoms with van der Waals surface area (Å²) in [5.74, 6) is 2.22. The van der Waals surface area contributed by atoms with Gasteiger partial charge in [-0.1, -0.05) is 0 Å². The van der Waals surface area contributed by atoms with Crippen LogP contribution in [0.1, 0.15) is 29.1 Å². The van der Waals surface area contributed by atoms with Crippen molar-refractivity contribution in [3.63, 3.8) is 0 Å². The standard InChI is InChI=1S/C24H34N4O3S/c1-18-25-21(17-32-18)16-26-8-6-19(7-9-26)24(29)28-12-10-27(11-13-28)15-20-14-22(30-2)4-5-23(20)31-3/h4-5,14,17,19H,6-13,15-16H2,1-3H3. The molecule has 0 atom stereocenters. The summed E-state index contributed by atoms with van der Waals surface area (Å²) in [7, 11) is 3.38. The molecule has 2 aromatic rings. The molecule has 1 aromatic heterocycles. The largest absolute Gasteiger partial charge is 0.497 e. The van der Waals surface area contributed by atoms with E-state index in [2.05, 4.69) is 25.1 Å². The molecule has 0 aliphatic carbocycles. The molecule has 3 heterocycles. The molecule has 0 saturated carbocycles. The first-order valence-electron chi connectivity index (χ1n) is 11.4. The van der Waals surface area contributed by atoms with E-state index in [1.54, 1.807) is 25.6 Å². The van der Waals surface area contributed by atoms with Gasteiger partial charge in [-0.15, -0.1) is 11.3 Å². The Labute approximate surface area is 194 Å². The van der Waals surface area contributed by atoms with Crippen LogP contribution in [-0.4, -0.2) is 79.1 Å². The first kappa shape index (κ1) is 23.0. The monoisotopic (exact) mass is 458 g/mol. The summed E-state index contributed by atoms with van der Waals surface area (Å²) in [6.07, 6.45) is 1.90. The normalized spacial score (nSPS) is 18.7. The lowest BCUT2D eigenvalue weighted by atomic mass is 9.95. The molecule has 7 nitrogen and oxygen atoms in total. The van der Waals surface area contributed by atoms with Gasteiger partial charge >= 0.3 is 0 Å². The third-order valence-corrected chi connectivity index (χ3v) is 7.38. The van der Waals surface area contributed by atoms with Gasteiger partial charge in [0.15, 0.2) is 0 Å². The van der Waals surface area contributed by atoms with Gasteiger partial charge in [-0.05, 0) is 51.1 Å². The van der Waals surface area contributed by atoms with Gasteiger partial charge in [0.25, 0.3) is 0 Å². The highest BCUT2D eigenvalue weighted by Gasteiger charge is 2.30. The fraction of sp³-hybridized carbons (Fsp3) is 0.583. The number of carbonyl (C=O) groups excluding carboxylic acids is 1. The molecule has 32 heavy (non-hydrogen) atoms. The highest BCUT2D eigenvalue weighted by Crippen LogP contribution is 2.26. The van der Waals surface area contributed by atoms with Crippen molar-refractivity contribution in [2.24, 2.45) is 5.92 Å². The number of piperazine rings is 1. The van der Waals surface area contributed by atoms with Gasteiger partial charge in [0, 0.05) is 56.1 Å². The average Bonchev–Trinajstić information content (AvgIpc) is 3.24. The number of aryl methyl sites for hydroxylation is 1. The molecule has 8 heteroatoms. The molecule has 0 bridgehead atoms. The maximum atomic E-state index is 13.1. The van der Waals surface area contributed by atoms with Gasteiger partial charge in [0.05, 0.1) is 24.9 Å².